The normalized spacial score (nSPS) is 11.5. The molecule has 2 rings (SSSR count). The van der Waals surface area contributed by atoms with E-state index in [-0.39, 0.29) is 0 Å². The molecule has 5 nitrogen and oxygen atoms in total. The third-order valence-electron chi connectivity index (χ3n) is 3.54. The largest absolute Gasteiger partial charge is 0.357 e. The van der Waals surface area contributed by atoms with Crippen LogP contribution in [0.5, 0.6) is 0 Å². The van der Waals surface area contributed by atoms with E-state index in [1.165, 1.54) is 16.7 Å². The molecule has 1 aromatic heterocycles. The van der Waals surface area contributed by atoms with Gasteiger partial charge in [-0.05, 0) is 37.8 Å². The molecule has 0 atom stereocenters. The summed E-state index contributed by atoms with van der Waals surface area (Å²) >= 11 is 0. The smallest absolute Gasteiger partial charge is 0.191 e. The van der Waals surface area contributed by atoms with Crippen molar-refractivity contribution in [1.82, 2.24) is 20.4 Å². The Morgan fingerprint density at radius 2 is 2.13 bits per heavy atom. The summed E-state index contributed by atoms with van der Waals surface area (Å²) in [4.78, 5) is 4.65. The van der Waals surface area contributed by atoms with Gasteiger partial charge in [0, 0.05) is 26.3 Å². The summed E-state index contributed by atoms with van der Waals surface area (Å²) < 4.78 is 1.84. The van der Waals surface area contributed by atoms with Crippen LogP contribution in [0.1, 0.15) is 30.0 Å². The van der Waals surface area contributed by atoms with Crippen molar-refractivity contribution in [3.63, 3.8) is 0 Å². The van der Waals surface area contributed by atoms with Crippen molar-refractivity contribution in [3.05, 3.63) is 53.3 Å². The van der Waals surface area contributed by atoms with E-state index < -0.39 is 0 Å². The molecule has 0 radical (unpaired) electrons. The van der Waals surface area contributed by atoms with Gasteiger partial charge in [0.1, 0.15) is 0 Å². The third kappa shape index (κ3) is 6.14. The lowest BCUT2D eigenvalue weighted by atomic mass is 10.1. The van der Waals surface area contributed by atoms with Gasteiger partial charge in [-0.25, -0.2) is 4.99 Å². The standard InChI is InChI=1S/C18H27N5/c1-4-19-18(21-12-16-8-5-7-15(2)11-16)20-10-6-9-17-13-22-23(3)14-17/h5,7-8,11,13-14H,4,6,9-10,12H2,1-3H3,(H2,19,20,21). The molecule has 0 saturated carbocycles. The van der Waals surface area contributed by atoms with Gasteiger partial charge in [0.15, 0.2) is 5.96 Å². The quantitative estimate of drug-likeness (QED) is 0.469. The minimum absolute atomic E-state index is 0.694. The van der Waals surface area contributed by atoms with Crippen LogP contribution in [0.3, 0.4) is 0 Å². The molecular weight excluding hydrogens is 286 g/mol. The Balaban J connectivity index is 1.79. The van der Waals surface area contributed by atoms with Gasteiger partial charge < -0.3 is 10.6 Å². The highest BCUT2D eigenvalue weighted by molar-refractivity contribution is 5.79. The Bertz CT molecular complexity index is 630. The van der Waals surface area contributed by atoms with Crippen molar-refractivity contribution in [2.24, 2.45) is 12.0 Å². The van der Waals surface area contributed by atoms with Gasteiger partial charge in [-0.15, -0.1) is 0 Å². The fraction of sp³-hybridized carbons (Fsp3) is 0.444. The number of aliphatic imine (C=N–C) groups is 1. The van der Waals surface area contributed by atoms with Crippen molar-refractivity contribution in [2.75, 3.05) is 13.1 Å². The van der Waals surface area contributed by atoms with Gasteiger partial charge in [0.25, 0.3) is 0 Å². The Hall–Kier alpha value is -2.30. The number of aryl methyl sites for hydroxylation is 3. The van der Waals surface area contributed by atoms with Crippen LogP contribution in [0.4, 0.5) is 0 Å². The van der Waals surface area contributed by atoms with Crippen LogP contribution >= 0.6 is 0 Å². The van der Waals surface area contributed by atoms with Crippen LogP contribution < -0.4 is 10.6 Å². The molecule has 0 bridgehead atoms. The molecule has 0 aliphatic rings. The van der Waals surface area contributed by atoms with E-state index in [1.54, 1.807) is 0 Å². The van der Waals surface area contributed by atoms with Gasteiger partial charge in [0.05, 0.1) is 12.7 Å². The fourth-order valence-corrected chi connectivity index (χ4v) is 2.42. The summed E-state index contributed by atoms with van der Waals surface area (Å²) in [6.07, 6.45) is 6.08. The average molecular weight is 313 g/mol. The SMILES string of the molecule is CCNC(=NCc1cccc(C)c1)NCCCc1cnn(C)c1. The predicted molar refractivity (Wildman–Crippen MR) is 95.5 cm³/mol. The van der Waals surface area contributed by atoms with E-state index >= 15 is 0 Å². The van der Waals surface area contributed by atoms with Crippen LogP contribution in [-0.4, -0.2) is 28.8 Å². The van der Waals surface area contributed by atoms with E-state index in [2.05, 4.69) is 65.0 Å². The minimum atomic E-state index is 0.694. The van der Waals surface area contributed by atoms with Crippen molar-refractivity contribution in [2.45, 2.75) is 33.2 Å². The first-order valence-corrected chi connectivity index (χ1v) is 8.22. The van der Waals surface area contributed by atoms with E-state index in [1.807, 2.05) is 17.9 Å². The summed E-state index contributed by atoms with van der Waals surface area (Å²) in [5, 5.41) is 10.9. The summed E-state index contributed by atoms with van der Waals surface area (Å²) in [5.41, 5.74) is 3.78. The number of nitrogens with zero attached hydrogens (tertiary/aromatic N) is 3. The summed E-state index contributed by atoms with van der Waals surface area (Å²) in [7, 11) is 1.95. The Morgan fingerprint density at radius 1 is 1.26 bits per heavy atom. The van der Waals surface area contributed by atoms with Crippen molar-refractivity contribution in [1.29, 1.82) is 0 Å². The highest BCUT2D eigenvalue weighted by Gasteiger charge is 1.99. The zero-order valence-electron chi connectivity index (χ0n) is 14.3. The molecule has 0 saturated heterocycles. The molecule has 1 heterocycles. The number of nitrogens with one attached hydrogen (secondary N) is 2. The molecule has 1 aromatic carbocycles. The van der Waals surface area contributed by atoms with Gasteiger partial charge >= 0.3 is 0 Å². The second-order valence-electron chi connectivity index (χ2n) is 5.74. The van der Waals surface area contributed by atoms with E-state index in [0.29, 0.717) is 6.54 Å². The molecule has 124 valence electrons. The van der Waals surface area contributed by atoms with Crippen molar-refractivity contribution in [3.8, 4) is 0 Å². The minimum Gasteiger partial charge on any atom is -0.357 e. The Kier molecular flexibility index (Phi) is 6.66. The van der Waals surface area contributed by atoms with Crippen LogP contribution in [0.2, 0.25) is 0 Å². The molecule has 5 heteroatoms. The molecule has 0 amide bonds. The molecular formula is C18H27N5. The second kappa shape index (κ2) is 8.98. The second-order valence-corrected chi connectivity index (χ2v) is 5.74. The van der Waals surface area contributed by atoms with Crippen LogP contribution in [0.15, 0.2) is 41.7 Å². The maximum atomic E-state index is 4.65. The van der Waals surface area contributed by atoms with E-state index in [4.69, 9.17) is 0 Å². The molecule has 0 fully saturated rings. The maximum absolute atomic E-state index is 4.65. The number of rotatable bonds is 7. The number of guanidine groups is 1. The average Bonchev–Trinajstić information content (AvgIpc) is 2.94. The highest BCUT2D eigenvalue weighted by atomic mass is 15.2. The summed E-state index contributed by atoms with van der Waals surface area (Å²) in [6.45, 7) is 6.64. The topological polar surface area (TPSA) is 54.2 Å². The van der Waals surface area contributed by atoms with Crippen LogP contribution in [-0.2, 0) is 20.0 Å². The van der Waals surface area contributed by atoms with Crippen molar-refractivity contribution >= 4 is 5.96 Å². The Morgan fingerprint density at radius 3 is 2.83 bits per heavy atom. The molecule has 0 aliphatic heterocycles. The van der Waals surface area contributed by atoms with Gasteiger partial charge in [-0.1, -0.05) is 29.8 Å². The number of benzene rings is 1. The van der Waals surface area contributed by atoms with Gasteiger partial charge in [-0.2, -0.15) is 5.10 Å². The van der Waals surface area contributed by atoms with Crippen LogP contribution in [0.25, 0.3) is 0 Å². The first-order chi connectivity index (χ1) is 11.2. The first kappa shape index (κ1) is 17.1. The zero-order valence-corrected chi connectivity index (χ0v) is 14.3. The summed E-state index contributed by atoms with van der Waals surface area (Å²) in [5.74, 6) is 0.875. The lowest BCUT2D eigenvalue weighted by Gasteiger charge is -2.11. The zero-order chi connectivity index (χ0) is 16.5. The van der Waals surface area contributed by atoms with Crippen LogP contribution in [0, 0.1) is 6.92 Å². The lowest BCUT2D eigenvalue weighted by molar-refractivity contribution is 0.740. The number of hydrogen-bond acceptors (Lipinski definition) is 2. The Labute approximate surface area is 138 Å². The molecule has 0 spiro atoms. The lowest BCUT2D eigenvalue weighted by Crippen LogP contribution is -2.37. The molecule has 0 unspecified atom stereocenters. The van der Waals surface area contributed by atoms with Gasteiger partial charge in [0.2, 0.25) is 0 Å². The highest BCUT2D eigenvalue weighted by Crippen LogP contribution is 2.05. The summed E-state index contributed by atoms with van der Waals surface area (Å²) in [6, 6.07) is 8.47. The molecule has 23 heavy (non-hydrogen) atoms. The fourth-order valence-electron chi connectivity index (χ4n) is 2.42. The predicted octanol–water partition coefficient (Wildman–Crippen LogP) is 2.42. The number of aromatic nitrogens is 2. The monoisotopic (exact) mass is 313 g/mol. The molecule has 2 aromatic rings. The van der Waals surface area contributed by atoms with Crippen molar-refractivity contribution < 1.29 is 0 Å². The third-order valence-corrected chi connectivity index (χ3v) is 3.54. The molecule has 2 N–H and O–H groups in total. The molecule has 0 aliphatic carbocycles. The van der Waals surface area contributed by atoms with Gasteiger partial charge in [-0.3, -0.25) is 4.68 Å². The first-order valence-electron chi connectivity index (χ1n) is 8.22. The van der Waals surface area contributed by atoms with E-state index in [9.17, 15) is 0 Å². The number of hydrogen-bond donors (Lipinski definition) is 2. The maximum Gasteiger partial charge on any atom is 0.191 e. The van der Waals surface area contributed by atoms with E-state index in [0.717, 1.165) is 31.9 Å².